The van der Waals surface area contributed by atoms with Crippen LogP contribution in [0.4, 0.5) is 0 Å². The molecule has 2 heterocycles. The molecule has 28 heavy (non-hydrogen) atoms. The van der Waals surface area contributed by atoms with Crippen LogP contribution in [-0.4, -0.2) is 36.8 Å². The maximum Gasteiger partial charge on any atom is 0.315 e. The van der Waals surface area contributed by atoms with Gasteiger partial charge in [0.2, 0.25) is 0 Å². The summed E-state index contributed by atoms with van der Waals surface area (Å²) in [6, 6.07) is 7.78. The van der Waals surface area contributed by atoms with E-state index in [0.29, 0.717) is 17.7 Å². The van der Waals surface area contributed by atoms with E-state index >= 15 is 0 Å². The zero-order chi connectivity index (χ0) is 19.7. The predicted molar refractivity (Wildman–Crippen MR) is 109 cm³/mol. The minimum atomic E-state index is -0.596. The van der Waals surface area contributed by atoms with Gasteiger partial charge in [0.15, 0.2) is 5.78 Å². The van der Waals surface area contributed by atoms with Gasteiger partial charge in [-0.05, 0) is 44.2 Å². The van der Waals surface area contributed by atoms with Gasteiger partial charge in [-0.2, -0.15) is 0 Å². The number of carbonyl (C=O) groups is 2. The van der Waals surface area contributed by atoms with Gasteiger partial charge in [-0.3, -0.25) is 14.6 Å². The van der Waals surface area contributed by atoms with Crippen molar-refractivity contribution in [3.8, 4) is 0 Å². The van der Waals surface area contributed by atoms with Gasteiger partial charge in [-0.1, -0.05) is 34.1 Å². The van der Waals surface area contributed by atoms with Crippen molar-refractivity contribution in [2.24, 2.45) is 10.9 Å². The van der Waals surface area contributed by atoms with Gasteiger partial charge in [-0.15, -0.1) is 0 Å². The Morgan fingerprint density at radius 2 is 2.11 bits per heavy atom. The molecule has 0 N–H and O–H groups in total. The first kappa shape index (κ1) is 19.5. The molecule has 6 heteroatoms. The van der Waals surface area contributed by atoms with E-state index < -0.39 is 5.92 Å². The average Bonchev–Trinajstić information content (AvgIpc) is 3.19. The topological polar surface area (TPSA) is 65.0 Å². The third-order valence-corrected chi connectivity index (χ3v) is 6.49. The highest BCUT2D eigenvalue weighted by Gasteiger charge is 2.43. The molecule has 4 rings (SSSR count). The largest absolute Gasteiger partial charge is 0.462 e. The molecule has 148 valence electrons. The first-order valence-corrected chi connectivity index (χ1v) is 10.7. The predicted octanol–water partition coefficient (Wildman–Crippen LogP) is 4.35. The second-order valence-electron chi connectivity index (χ2n) is 7.63. The fourth-order valence-electron chi connectivity index (χ4n) is 4.42. The number of ketones is 1. The van der Waals surface area contributed by atoms with Crippen molar-refractivity contribution < 1.29 is 19.1 Å². The van der Waals surface area contributed by atoms with Gasteiger partial charge in [0, 0.05) is 40.4 Å². The van der Waals surface area contributed by atoms with E-state index in [1.165, 1.54) is 0 Å². The molecule has 0 amide bonds. The van der Waals surface area contributed by atoms with Crippen LogP contribution < -0.4 is 0 Å². The Hall–Kier alpha value is -1.79. The van der Waals surface area contributed by atoms with E-state index in [0.717, 1.165) is 48.0 Å². The minimum Gasteiger partial charge on any atom is -0.462 e. The number of nitrogens with zero attached hydrogens (tertiary/aromatic N) is 1. The van der Waals surface area contributed by atoms with Gasteiger partial charge < -0.3 is 9.47 Å². The van der Waals surface area contributed by atoms with Crippen molar-refractivity contribution in [3.63, 3.8) is 0 Å². The van der Waals surface area contributed by atoms with Crippen molar-refractivity contribution in [1.82, 2.24) is 0 Å². The lowest BCUT2D eigenvalue weighted by Gasteiger charge is -2.35. The molecule has 0 bridgehead atoms. The van der Waals surface area contributed by atoms with Crippen LogP contribution >= 0.6 is 15.9 Å². The van der Waals surface area contributed by atoms with E-state index in [-0.39, 0.29) is 30.4 Å². The van der Waals surface area contributed by atoms with Gasteiger partial charge in [0.1, 0.15) is 12.5 Å². The molecule has 1 aromatic rings. The number of ether oxygens (including phenoxy) is 2. The van der Waals surface area contributed by atoms with Crippen LogP contribution in [0.15, 0.2) is 45.0 Å². The van der Waals surface area contributed by atoms with Crippen molar-refractivity contribution in [2.75, 3.05) is 13.2 Å². The van der Waals surface area contributed by atoms with Gasteiger partial charge in [0.05, 0.1) is 6.10 Å². The number of esters is 1. The molecule has 5 nitrogen and oxygen atoms in total. The molecular formula is C22H24BrNO4. The fourth-order valence-corrected chi connectivity index (χ4v) is 4.95. The Labute approximate surface area is 173 Å². The standard InChI is InChI=1S/C22H24BrNO4/c1-13-19(22(26)28-12-14-6-5-11-27-14)20(15-7-2-3-8-16(15)23)21-17(24-13)9-4-10-18(21)25/h2-3,7-8,14,19-20H,4-6,9-12H2,1H3/t14-,19?,20+/m0/s1. The molecule has 0 radical (unpaired) electrons. The third kappa shape index (κ3) is 3.72. The Balaban J connectivity index is 1.70. The van der Waals surface area contributed by atoms with Crippen LogP contribution in [0.25, 0.3) is 0 Å². The molecule has 1 fully saturated rings. The molecule has 1 aliphatic carbocycles. The summed E-state index contributed by atoms with van der Waals surface area (Å²) in [5.41, 5.74) is 3.16. The molecule has 0 saturated carbocycles. The molecule has 1 aromatic carbocycles. The lowest BCUT2D eigenvalue weighted by molar-refractivity contribution is -0.149. The summed E-state index contributed by atoms with van der Waals surface area (Å²) in [7, 11) is 0. The Bertz CT molecular complexity index is 854. The molecule has 0 aromatic heterocycles. The molecule has 1 unspecified atom stereocenters. The van der Waals surface area contributed by atoms with Crippen molar-refractivity contribution in [3.05, 3.63) is 45.6 Å². The third-order valence-electron chi connectivity index (χ3n) is 5.76. The summed E-state index contributed by atoms with van der Waals surface area (Å²) >= 11 is 3.61. The molecule has 0 spiro atoms. The number of aliphatic imine (C=N–C) groups is 1. The van der Waals surface area contributed by atoms with Crippen LogP contribution in [0.3, 0.4) is 0 Å². The number of hydrogen-bond donors (Lipinski definition) is 0. The summed E-state index contributed by atoms with van der Waals surface area (Å²) in [5.74, 6) is -1.20. The van der Waals surface area contributed by atoms with E-state index in [1.54, 1.807) is 0 Å². The summed E-state index contributed by atoms with van der Waals surface area (Å²) in [5, 5.41) is 0. The number of benzene rings is 1. The quantitative estimate of drug-likeness (QED) is 0.645. The normalized spacial score (nSPS) is 27.4. The van der Waals surface area contributed by atoms with Gasteiger partial charge in [-0.25, -0.2) is 0 Å². The molecule has 3 aliphatic rings. The zero-order valence-corrected chi connectivity index (χ0v) is 17.5. The molecular weight excluding hydrogens is 422 g/mol. The van der Waals surface area contributed by atoms with Crippen LogP contribution in [0.2, 0.25) is 0 Å². The summed E-state index contributed by atoms with van der Waals surface area (Å²) in [6.45, 7) is 2.84. The number of carbonyl (C=O) groups excluding carboxylic acids is 2. The number of rotatable bonds is 4. The molecule has 1 saturated heterocycles. The first-order valence-electron chi connectivity index (χ1n) is 9.90. The van der Waals surface area contributed by atoms with Crippen molar-refractivity contribution >= 4 is 33.4 Å². The first-order chi connectivity index (χ1) is 13.6. The van der Waals surface area contributed by atoms with E-state index in [1.807, 2.05) is 31.2 Å². The molecule has 2 aliphatic heterocycles. The van der Waals surface area contributed by atoms with E-state index in [2.05, 4.69) is 20.9 Å². The average molecular weight is 446 g/mol. The highest BCUT2D eigenvalue weighted by molar-refractivity contribution is 9.10. The number of allylic oxidation sites excluding steroid dienone is 2. The van der Waals surface area contributed by atoms with Gasteiger partial charge in [0.25, 0.3) is 0 Å². The Morgan fingerprint density at radius 1 is 1.29 bits per heavy atom. The van der Waals surface area contributed by atoms with Crippen LogP contribution in [-0.2, 0) is 19.1 Å². The van der Waals surface area contributed by atoms with Crippen molar-refractivity contribution in [2.45, 2.75) is 51.0 Å². The zero-order valence-electron chi connectivity index (χ0n) is 15.9. The SMILES string of the molecule is CC1=NC2=C(C(=O)CCC2)[C@H](c2ccccc2Br)C1C(=O)OC[C@@H]1CCCO1. The highest BCUT2D eigenvalue weighted by Crippen LogP contribution is 2.45. The number of hydrogen-bond acceptors (Lipinski definition) is 5. The second-order valence-corrected chi connectivity index (χ2v) is 8.49. The molecule has 3 atom stereocenters. The Kier molecular flexibility index (Phi) is 5.78. The van der Waals surface area contributed by atoms with Crippen molar-refractivity contribution in [1.29, 1.82) is 0 Å². The monoisotopic (exact) mass is 445 g/mol. The lowest BCUT2D eigenvalue weighted by atomic mass is 9.72. The maximum atomic E-state index is 13.1. The van der Waals surface area contributed by atoms with Crippen LogP contribution in [0.1, 0.15) is 50.5 Å². The summed E-state index contributed by atoms with van der Waals surface area (Å²) in [4.78, 5) is 30.7. The van der Waals surface area contributed by atoms with Crippen LogP contribution in [0.5, 0.6) is 0 Å². The number of halogens is 1. The minimum absolute atomic E-state index is 0.0298. The van der Waals surface area contributed by atoms with E-state index in [9.17, 15) is 9.59 Å². The summed E-state index contributed by atoms with van der Waals surface area (Å²) in [6.07, 6.45) is 3.97. The number of Topliss-reactive ketones (excluding diaryl/α,β-unsaturated/α-hetero) is 1. The summed E-state index contributed by atoms with van der Waals surface area (Å²) < 4.78 is 12.1. The smallest absolute Gasteiger partial charge is 0.315 e. The Morgan fingerprint density at radius 3 is 2.86 bits per heavy atom. The van der Waals surface area contributed by atoms with E-state index in [4.69, 9.17) is 9.47 Å². The second kappa shape index (κ2) is 8.29. The van der Waals surface area contributed by atoms with Gasteiger partial charge >= 0.3 is 5.97 Å². The van der Waals surface area contributed by atoms with Crippen LogP contribution in [0, 0.1) is 5.92 Å². The lowest BCUT2D eigenvalue weighted by Crippen LogP contribution is -2.38. The fraction of sp³-hybridized carbons (Fsp3) is 0.500. The maximum absolute atomic E-state index is 13.1. The highest BCUT2D eigenvalue weighted by atomic mass is 79.9.